The van der Waals surface area contributed by atoms with E-state index < -0.39 is 0 Å². The first-order valence-electron chi connectivity index (χ1n) is 6.09. The van der Waals surface area contributed by atoms with E-state index in [1.165, 1.54) is 11.4 Å². The van der Waals surface area contributed by atoms with Crippen LogP contribution in [0.3, 0.4) is 0 Å². The van der Waals surface area contributed by atoms with E-state index in [4.69, 9.17) is 16.3 Å². The number of ether oxygens (including phenoxy) is 1. The number of hydrogen-bond donors (Lipinski definition) is 0. The maximum atomic E-state index is 5.98. The van der Waals surface area contributed by atoms with Gasteiger partial charge in [0, 0.05) is 16.4 Å². The molecule has 0 aliphatic heterocycles. The lowest BCUT2D eigenvalue weighted by Crippen LogP contribution is -2.10. The van der Waals surface area contributed by atoms with Crippen LogP contribution in [-0.2, 0) is 6.54 Å². The molecule has 0 atom stereocenters. The Morgan fingerprint density at radius 3 is 2.33 bits per heavy atom. The molecule has 3 heteroatoms. The highest BCUT2D eigenvalue weighted by Crippen LogP contribution is 2.21. The second kappa shape index (κ2) is 5.49. The average Bonchev–Trinajstić information content (AvgIpc) is 2.65. The fraction of sp³-hybridized carbons (Fsp3) is 0.333. The minimum absolute atomic E-state index is 0.664. The molecule has 0 aliphatic carbocycles. The second-order valence-corrected chi connectivity index (χ2v) is 4.93. The van der Waals surface area contributed by atoms with Crippen LogP contribution < -0.4 is 4.74 Å². The molecule has 0 unspecified atom stereocenters. The predicted octanol–water partition coefficient (Wildman–Crippen LogP) is 4.15. The first-order valence-corrected chi connectivity index (χ1v) is 6.47. The van der Waals surface area contributed by atoms with Crippen molar-refractivity contribution in [1.29, 1.82) is 0 Å². The third-order valence-corrected chi connectivity index (χ3v) is 3.55. The summed E-state index contributed by atoms with van der Waals surface area (Å²) < 4.78 is 8.00. The Labute approximate surface area is 113 Å². The van der Waals surface area contributed by atoms with Gasteiger partial charge in [0.2, 0.25) is 0 Å². The zero-order chi connectivity index (χ0) is 13.1. The molecule has 0 aliphatic rings. The van der Waals surface area contributed by atoms with E-state index in [1.807, 2.05) is 25.1 Å². The molecule has 0 saturated carbocycles. The van der Waals surface area contributed by atoms with Crippen molar-refractivity contribution < 1.29 is 4.74 Å². The number of nitrogens with zero attached hydrogens (tertiary/aromatic N) is 1. The van der Waals surface area contributed by atoms with Crippen molar-refractivity contribution in [1.82, 2.24) is 4.57 Å². The van der Waals surface area contributed by atoms with E-state index in [2.05, 4.69) is 30.5 Å². The number of benzene rings is 1. The molecule has 96 valence electrons. The highest BCUT2D eigenvalue weighted by Gasteiger charge is 2.02. The van der Waals surface area contributed by atoms with Crippen molar-refractivity contribution in [2.24, 2.45) is 0 Å². The Balaban J connectivity index is 1.94. The van der Waals surface area contributed by atoms with Gasteiger partial charge >= 0.3 is 0 Å². The topological polar surface area (TPSA) is 14.2 Å². The van der Waals surface area contributed by atoms with Gasteiger partial charge in [0.1, 0.15) is 12.4 Å². The monoisotopic (exact) mass is 263 g/mol. The molecule has 1 aromatic heterocycles. The van der Waals surface area contributed by atoms with E-state index in [-0.39, 0.29) is 0 Å². The number of halogens is 1. The summed E-state index contributed by atoms with van der Waals surface area (Å²) in [7, 11) is 0. The number of hydrogen-bond acceptors (Lipinski definition) is 1. The maximum absolute atomic E-state index is 5.98. The summed E-state index contributed by atoms with van der Waals surface area (Å²) in [6, 6.07) is 10.0. The van der Waals surface area contributed by atoms with E-state index in [0.29, 0.717) is 6.61 Å². The summed E-state index contributed by atoms with van der Waals surface area (Å²) in [6.45, 7) is 7.73. The largest absolute Gasteiger partial charge is 0.492 e. The summed E-state index contributed by atoms with van der Waals surface area (Å²) >= 11 is 5.98. The SMILES string of the molecule is Cc1cc(OCCn2c(C)ccc2C)ccc1Cl. The highest BCUT2D eigenvalue weighted by atomic mass is 35.5. The number of rotatable bonds is 4. The summed E-state index contributed by atoms with van der Waals surface area (Å²) in [4.78, 5) is 0. The van der Waals surface area contributed by atoms with Crippen LogP contribution >= 0.6 is 11.6 Å². The lowest BCUT2D eigenvalue weighted by molar-refractivity contribution is 0.296. The van der Waals surface area contributed by atoms with Gasteiger partial charge in [-0.2, -0.15) is 0 Å². The van der Waals surface area contributed by atoms with Gasteiger partial charge in [0.25, 0.3) is 0 Å². The highest BCUT2D eigenvalue weighted by molar-refractivity contribution is 6.31. The second-order valence-electron chi connectivity index (χ2n) is 4.53. The van der Waals surface area contributed by atoms with Crippen LogP contribution in [0.2, 0.25) is 5.02 Å². The Morgan fingerprint density at radius 1 is 1.06 bits per heavy atom. The van der Waals surface area contributed by atoms with Gasteiger partial charge in [0.05, 0.1) is 6.54 Å². The third-order valence-electron chi connectivity index (χ3n) is 3.13. The van der Waals surface area contributed by atoms with E-state index >= 15 is 0 Å². The molecule has 0 radical (unpaired) electrons. The molecule has 1 aromatic carbocycles. The molecule has 0 fully saturated rings. The molecule has 0 spiro atoms. The van der Waals surface area contributed by atoms with Crippen LogP contribution in [0.4, 0.5) is 0 Å². The number of aryl methyl sites for hydroxylation is 3. The minimum Gasteiger partial charge on any atom is -0.492 e. The van der Waals surface area contributed by atoms with Crippen molar-refractivity contribution >= 4 is 11.6 Å². The van der Waals surface area contributed by atoms with E-state index in [0.717, 1.165) is 22.9 Å². The Morgan fingerprint density at radius 2 is 1.72 bits per heavy atom. The first-order chi connectivity index (χ1) is 8.58. The van der Waals surface area contributed by atoms with Gasteiger partial charge in [-0.15, -0.1) is 0 Å². The number of aromatic nitrogens is 1. The first kappa shape index (κ1) is 13.0. The molecule has 1 heterocycles. The Hall–Kier alpha value is -1.41. The summed E-state index contributed by atoms with van der Waals surface area (Å²) in [5.74, 6) is 0.874. The predicted molar refractivity (Wildman–Crippen MR) is 75.6 cm³/mol. The van der Waals surface area contributed by atoms with E-state index in [9.17, 15) is 0 Å². The fourth-order valence-electron chi connectivity index (χ4n) is 2.01. The molecule has 2 aromatic rings. The van der Waals surface area contributed by atoms with E-state index in [1.54, 1.807) is 0 Å². The molecular weight excluding hydrogens is 246 g/mol. The smallest absolute Gasteiger partial charge is 0.119 e. The summed E-state index contributed by atoms with van der Waals surface area (Å²) in [6.07, 6.45) is 0. The molecule has 0 amide bonds. The standard InChI is InChI=1S/C15H18ClNO/c1-11-10-14(6-7-15(11)16)18-9-8-17-12(2)4-5-13(17)3/h4-7,10H,8-9H2,1-3H3. The van der Waals surface area contributed by atoms with Crippen molar-refractivity contribution in [2.75, 3.05) is 6.61 Å². The average molecular weight is 264 g/mol. The molecule has 0 N–H and O–H groups in total. The lowest BCUT2D eigenvalue weighted by atomic mass is 10.2. The molecule has 0 saturated heterocycles. The molecule has 2 rings (SSSR count). The zero-order valence-corrected chi connectivity index (χ0v) is 11.8. The summed E-state index contributed by atoms with van der Waals surface area (Å²) in [5.41, 5.74) is 3.58. The van der Waals surface area contributed by atoms with Gasteiger partial charge < -0.3 is 9.30 Å². The van der Waals surface area contributed by atoms with Crippen molar-refractivity contribution in [3.63, 3.8) is 0 Å². The molecule has 18 heavy (non-hydrogen) atoms. The normalized spacial score (nSPS) is 10.7. The van der Waals surface area contributed by atoms with Crippen LogP contribution in [0.15, 0.2) is 30.3 Å². The van der Waals surface area contributed by atoms with Crippen molar-refractivity contribution in [3.05, 3.63) is 52.3 Å². The van der Waals surface area contributed by atoms with Crippen LogP contribution in [0.5, 0.6) is 5.75 Å². The molecule has 2 nitrogen and oxygen atoms in total. The Kier molecular flexibility index (Phi) is 3.97. The lowest BCUT2D eigenvalue weighted by Gasteiger charge is -2.11. The zero-order valence-electron chi connectivity index (χ0n) is 11.0. The van der Waals surface area contributed by atoms with Crippen molar-refractivity contribution in [3.8, 4) is 5.75 Å². The summed E-state index contributed by atoms with van der Waals surface area (Å²) in [5, 5.41) is 0.777. The molecule has 0 bridgehead atoms. The minimum atomic E-state index is 0.664. The van der Waals surface area contributed by atoms with Gasteiger partial charge in [-0.1, -0.05) is 11.6 Å². The van der Waals surface area contributed by atoms with Crippen LogP contribution in [-0.4, -0.2) is 11.2 Å². The quantitative estimate of drug-likeness (QED) is 0.808. The van der Waals surface area contributed by atoms with Crippen LogP contribution in [0.1, 0.15) is 17.0 Å². The van der Waals surface area contributed by atoms with Gasteiger partial charge in [-0.25, -0.2) is 0 Å². The van der Waals surface area contributed by atoms with Crippen LogP contribution in [0, 0.1) is 20.8 Å². The van der Waals surface area contributed by atoms with Gasteiger partial charge in [0.15, 0.2) is 0 Å². The van der Waals surface area contributed by atoms with Gasteiger partial charge in [-0.3, -0.25) is 0 Å². The van der Waals surface area contributed by atoms with Crippen LogP contribution in [0.25, 0.3) is 0 Å². The van der Waals surface area contributed by atoms with Gasteiger partial charge in [-0.05, 0) is 56.7 Å². The third kappa shape index (κ3) is 2.88. The Bertz CT molecular complexity index is 526. The molecular formula is C15H18ClNO. The van der Waals surface area contributed by atoms with Crippen molar-refractivity contribution in [2.45, 2.75) is 27.3 Å². The fourth-order valence-corrected chi connectivity index (χ4v) is 2.13. The maximum Gasteiger partial charge on any atom is 0.119 e.